The summed E-state index contributed by atoms with van der Waals surface area (Å²) in [6.07, 6.45) is 0.104. The van der Waals surface area contributed by atoms with E-state index in [4.69, 9.17) is 0 Å². The molecule has 0 radical (unpaired) electrons. The Morgan fingerprint density at radius 2 is 1.74 bits per heavy atom. The van der Waals surface area contributed by atoms with Crippen molar-refractivity contribution in [2.45, 2.75) is 19.9 Å². The Hall–Kier alpha value is -4.01. The second-order valence-electron chi connectivity index (χ2n) is 8.20. The lowest BCUT2D eigenvalue weighted by Gasteiger charge is -2.36. The predicted molar refractivity (Wildman–Crippen MR) is 127 cm³/mol. The highest BCUT2D eigenvalue weighted by molar-refractivity contribution is 6.02. The predicted octanol–water partition coefficient (Wildman–Crippen LogP) is 2.68. The maximum Gasteiger partial charge on any atom is 0.276 e. The summed E-state index contributed by atoms with van der Waals surface area (Å²) in [6, 6.07) is 16.3. The molecule has 34 heavy (non-hydrogen) atoms. The zero-order valence-corrected chi connectivity index (χ0v) is 18.9. The maximum atomic E-state index is 13.1. The summed E-state index contributed by atoms with van der Waals surface area (Å²) in [4.78, 5) is 41.3. The van der Waals surface area contributed by atoms with Gasteiger partial charge in [0, 0.05) is 50.0 Å². The second kappa shape index (κ2) is 10.3. The highest BCUT2D eigenvalue weighted by Gasteiger charge is 2.21. The lowest BCUT2D eigenvalue weighted by molar-refractivity contribution is -0.131. The van der Waals surface area contributed by atoms with Crippen LogP contribution in [0.3, 0.4) is 0 Å². The van der Waals surface area contributed by atoms with Crippen molar-refractivity contribution in [1.29, 1.82) is 0 Å². The first-order chi connectivity index (χ1) is 16.4. The van der Waals surface area contributed by atoms with Gasteiger partial charge in [-0.15, -0.1) is 0 Å². The van der Waals surface area contributed by atoms with Gasteiger partial charge in [-0.05, 0) is 55.0 Å². The minimum absolute atomic E-state index is 0.0814. The van der Waals surface area contributed by atoms with E-state index >= 15 is 0 Å². The van der Waals surface area contributed by atoms with E-state index < -0.39 is 5.91 Å². The van der Waals surface area contributed by atoms with Crippen LogP contribution in [0.1, 0.15) is 22.5 Å². The Morgan fingerprint density at radius 1 is 1.00 bits per heavy atom. The molecule has 2 heterocycles. The number of hydrogen-bond acceptors (Lipinski definition) is 5. The average Bonchev–Trinajstić information content (AvgIpc) is 2.84. The van der Waals surface area contributed by atoms with Crippen molar-refractivity contribution in [1.82, 2.24) is 14.7 Å². The van der Waals surface area contributed by atoms with Crippen molar-refractivity contribution in [3.05, 3.63) is 88.1 Å². The molecule has 1 aliphatic heterocycles. The maximum absolute atomic E-state index is 13.1. The molecule has 1 aliphatic rings. The molecule has 8 nitrogen and oxygen atoms in total. The smallest absolute Gasteiger partial charge is 0.276 e. The Kier molecular flexibility index (Phi) is 7.01. The first-order valence-corrected chi connectivity index (χ1v) is 11.1. The summed E-state index contributed by atoms with van der Waals surface area (Å²) in [7, 11) is 0. The highest BCUT2D eigenvalue weighted by Crippen LogP contribution is 2.17. The fourth-order valence-corrected chi connectivity index (χ4v) is 3.87. The van der Waals surface area contributed by atoms with Crippen LogP contribution >= 0.6 is 0 Å². The van der Waals surface area contributed by atoms with Gasteiger partial charge in [0.2, 0.25) is 5.91 Å². The number of carbonyl (C=O) groups is 2. The van der Waals surface area contributed by atoms with Crippen LogP contribution < -0.4 is 15.8 Å². The Balaban J connectivity index is 1.32. The molecule has 0 saturated carbocycles. The number of aromatic nitrogens is 2. The molecule has 0 atom stereocenters. The van der Waals surface area contributed by atoms with Gasteiger partial charge in [0.05, 0.1) is 6.54 Å². The molecule has 1 N–H and O–H groups in total. The van der Waals surface area contributed by atoms with Gasteiger partial charge in [0.25, 0.3) is 11.5 Å². The molecular weight excluding hydrogens is 437 g/mol. The molecule has 0 spiro atoms. The minimum atomic E-state index is -0.428. The number of piperazine rings is 1. The van der Waals surface area contributed by atoms with Crippen LogP contribution in [0, 0.1) is 12.7 Å². The molecule has 2 amide bonds. The fourth-order valence-electron chi connectivity index (χ4n) is 3.87. The van der Waals surface area contributed by atoms with Gasteiger partial charge in [-0.1, -0.05) is 12.1 Å². The van der Waals surface area contributed by atoms with E-state index in [2.05, 4.69) is 15.3 Å². The molecule has 1 saturated heterocycles. The van der Waals surface area contributed by atoms with Gasteiger partial charge in [-0.25, -0.2) is 9.07 Å². The molecule has 0 unspecified atom stereocenters. The first kappa shape index (κ1) is 23.2. The summed E-state index contributed by atoms with van der Waals surface area (Å²) >= 11 is 0. The molecule has 4 rings (SSSR count). The number of rotatable bonds is 6. The molecule has 2 aromatic carbocycles. The van der Waals surface area contributed by atoms with E-state index in [1.54, 1.807) is 23.1 Å². The van der Waals surface area contributed by atoms with Gasteiger partial charge < -0.3 is 15.1 Å². The minimum Gasteiger partial charge on any atom is -0.368 e. The van der Waals surface area contributed by atoms with Crippen LogP contribution in [0.2, 0.25) is 0 Å². The monoisotopic (exact) mass is 463 g/mol. The van der Waals surface area contributed by atoms with E-state index in [9.17, 15) is 18.8 Å². The summed E-state index contributed by atoms with van der Waals surface area (Å²) in [6.45, 7) is 4.37. The number of benzene rings is 2. The SMILES string of the molecule is Cc1cccc(NC(=O)c2ccc(=O)n(CCC(=O)N3CCN(c4ccc(F)cc4)CC3)n2)c1. The normalized spacial score (nSPS) is 13.6. The van der Waals surface area contributed by atoms with Crippen molar-refractivity contribution >= 4 is 23.2 Å². The van der Waals surface area contributed by atoms with Crippen LogP contribution in [0.4, 0.5) is 15.8 Å². The number of halogens is 1. The quantitative estimate of drug-likeness (QED) is 0.607. The standard InChI is InChI=1S/C25H26FN5O3/c1-18-3-2-4-20(17-18)27-25(34)22-9-10-24(33)31(28-22)12-11-23(32)30-15-13-29(14-16-30)21-7-5-19(26)6-8-21/h2-10,17H,11-16H2,1H3,(H,27,34). The van der Waals surface area contributed by atoms with Crippen LogP contribution in [-0.2, 0) is 11.3 Å². The van der Waals surface area contributed by atoms with Gasteiger partial charge in [0.1, 0.15) is 11.5 Å². The Morgan fingerprint density at radius 3 is 2.44 bits per heavy atom. The van der Waals surface area contributed by atoms with Crippen LogP contribution in [0.25, 0.3) is 0 Å². The molecule has 1 aromatic heterocycles. The summed E-state index contributed by atoms with van der Waals surface area (Å²) < 4.78 is 14.3. The molecule has 3 aromatic rings. The largest absolute Gasteiger partial charge is 0.368 e. The molecule has 9 heteroatoms. The number of hydrogen-bond donors (Lipinski definition) is 1. The van der Waals surface area contributed by atoms with E-state index in [0.717, 1.165) is 15.9 Å². The topological polar surface area (TPSA) is 87.5 Å². The third kappa shape index (κ3) is 5.67. The lowest BCUT2D eigenvalue weighted by atomic mass is 10.2. The summed E-state index contributed by atoms with van der Waals surface area (Å²) in [5.74, 6) is -0.789. The Labute approximate surface area is 196 Å². The highest BCUT2D eigenvalue weighted by atomic mass is 19.1. The molecule has 0 bridgehead atoms. The van der Waals surface area contributed by atoms with Crippen LogP contribution in [0.15, 0.2) is 65.5 Å². The second-order valence-corrected chi connectivity index (χ2v) is 8.20. The average molecular weight is 464 g/mol. The number of anilines is 2. The number of amides is 2. The fraction of sp³-hybridized carbons (Fsp3) is 0.280. The van der Waals surface area contributed by atoms with Crippen LogP contribution in [-0.4, -0.2) is 52.7 Å². The Bertz CT molecular complexity index is 1230. The van der Waals surface area contributed by atoms with Crippen molar-refractivity contribution in [3.8, 4) is 0 Å². The number of nitrogens with one attached hydrogen (secondary N) is 1. The molecule has 1 fully saturated rings. The van der Waals surface area contributed by atoms with Crippen molar-refractivity contribution in [3.63, 3.8) is 0 Å². The van der Waals surface area contributed by atoms with E-state index in [-0.39, 0.29) is 35.9 Å². The van der Waals surface area contributed by atoms with Crippen LogP contribution in [0.5, 0.6) is 0 Å². The number of aryl methyl sites for hydroxylation is 2. The van der Waals surface area contributed by atoms with Gasteiger partial charge in [-0.2, -0.15) is 5.10 Å². The zero-order chi connectivity index (χ0) is 24.1. The zero-order valence-electron chi connectivity index (χ0n) is 18.9. The number of nitrogens with zero attached hydrogens (tertiary/aromatic N) is 4. The van der Waals surface area contributed by atoms with Crippen molar-refractivity contribution < 1.29 is 14.0 Å². The van der Waals surface area contributed by atoms with Crippen molar-refractivity contribution in [2.75, 3.05) is 36.4 Å². The van der Waals surface area contributed by atoms with Gasteiger partial charge >= 0.3 is 0 Å². The third-order valence-electron chi connectivity index (χ3n) is 5.74. The van der Waals surface area contributed by atoms with Gasteiger partial charge in [-0.3, -0.25) is 14.4 Å². The summed E-state index contributed by atoms with van der Waals surface area (Å²) in [5, 5.41) is 6.91. The van der Waals surface area contributed by atoms with Crippen molar-refractivity contribution in [2.24, 2.45) is 0 Å². The summed E-state index contributed by atoms with van der Waals surface area (Å²) in [5.41, 5.74) is 2.29. The molecule has 176 valence electrons. The first-order valence-electron chi connectivity index (χ1n) is 11.1. The molecule has 0 aliphatic carbocycles. The van der Waals surface area contributed by atoms with E-state index in [1.165, 1.54) is 24.3 Å². The lowest BCUT2D eigenvalue weighted by Crippen LogP contribution is -2.49. The molecular formula is C25H26FN5O3. The third-order valence-corrected chi connectivity index (χ3v) is 5.74. The van der Waals surface area contributed by atoms with E-state index in [0.29, 0.717) is 31.9 Å². The van der Waals surface area contributed by atoms with E-state index in [1.807, 2.05) is 25.1 Å². The number of carbonyl (C=O) groups excluding carboxylic acids is 2. The van der Waals surface area contributed by atoms with Gasteiger partial charge in [0.15, 0.2) is 0 Å².